The maximum absolute atomic E-state index is 11.2. The molecule has 6 nitrogen and oxygen atoms in total. The van der Waals surface area contributed by atoms with Gasteiger partial charge in [0, 0.05) is 11.1 Å². The average molecular weight is 262 g/mol. The van der Waals surface area contributed by atoms with Crippen LogP contribution in [0.3, 0.4) is 0 Å². The molecule has 0 aliphatic carbocycles. The lowest BCUT2D eigenvalue weighted by molar-refractivity contribution is -0.385. The summed E-state index contributed by atoms with van der Waals surface area (Å²) < 4.78 is 0. The molecular formula is C8H8ClN3O3S. The van der Waals surface area contributed by atoms with Crippen LogP contribution < -0.4 is 11.3 Å². The van der Waals surface area contributed by atoms with E-state index < -0.39 is 16.1 Å². The lowest BCUT2D eigenvalue weighted by atomic mass is 10.1. The third-order valence-electron chi connectivity index (χ3n) is 1.87. The molecule has 86 valence electrons. The third kappa shape index (κ3) is 2.63. The number of benzene rings is 1. The molecule has 3 N–H and O–H groups in total. The lowest BCUT2D eigenvalue weighted by Gasteiger charge is -2.09. The van der Waals surface area contributed by atoms with E-state index in [1.54, 1.807) is 0 Å². The highest BCUT2D eigenvalue weighted by molar-refractivity contribution is 7.81. The molecule has 0 fully saturated rings. The molecule has 0 saturated heterocycles. The van der Waals surface area contributed by atoms with Crippen LogP contribution in [0.2, 0.25) is 5.02 Å². The van der Waals surface area contributed by atoms with Gasteiger partial charge in [0.05, 0.1) is 10.5 Å². The van der Waals surface area contributed by atoms with Gasteiger partial charge in [-0.25, -0.2) is 5.84 Å². The molecule has 1 aromatic carbocycles. The Balaban J connectivity index is 3.22. The molecule has 1 amide bonds. The monoisotopic (exact) mass is 261 g/mol. The average Bonchev–Trinajstić information content (AvgIpc) is 2.26. The molecule has 0 heterocycles. The van der Waals surface area contributed by atoms with E-state index >= 15 is 0 Å². The van der Waals surface area contributed by atoms with Crippen LogP contribution in [0.15, 0.2) is 18.2 Å². The molecule has 0 bridgehead atoms. The first kappa shape index (κ1) is 12.8. The summed E-state index contributed by atoms with van der Waals surface area (Å²) in [5.41, 5.74) is 1.75. The second-order valence-electron chi connectivity index (χ2n) is 2.87. The van der Waals surface area contributed by atoms with Crippen molar-refractivity contribution in [2.24, 2.45) is 5.84 Å². The standard InChI is InChI=1S/C8H8ClN3O3S/c9-4-1-2-5(6(3-4)12(14)15)7(16)8(13)11-10/h1-3,7,16H,10H2,(H,11,13). The number of rotatable bonds is 3. The van der Waals surface area contributed by atoms with E-state index in [1.165, 1.54) is 12.1 Å². The van der Waals surface area contributed by atoms with Crippen LogP contribution in [0, 0.1) is 10.1 Å². The van der Waals surface area contributed by atoms with Gasteiger partial charge >= 0.3 is 0 Å². The molecule has 0 saturated carbocycles. The number of nitrogens with one attached hydrogen (secondary N) is 1. The van der Waals surface area contributed by atoms with Gasteiger partial charge in [-0.3, -0.25) is 20.3 Å². The van der Waals surface area contributed by atoms with Gasteiger partial charge in [-0.15, -0.1) is 0 Å². The van der Waals surface area contributed by atoms with Crippen LogP contribution in [-0.2, 0) is 4.79 Å². The van der Waals surface area contributed by atoms with Gasteiger partial charge in [0.25, 0.3) is 11.6 Å². The summed E-state index contributed by atoms with van der Waals surface area (Å²) in [4.78, 5) is 21.3. The number of hydrazine groups is 1. The predicted octanol–water partition coefficient (Wildman–Crippen LogP) is 1.21. The zero-order valence-corrected chi connectivity index (χ0v) is 9.53. The van der Waals surface area contributed by atoms with Crippen LogP contribution in [-0.4, -0.2) is 10.8 Å². The zero-order chi connectivity index (χ0) is 12.3. The van der Waals surface area contributed by atoms with Crippen molar-refractivity contribution in [1.82, 2.24) is 5.43 Å². The SMILES string of the molecule is NNC(=O)C(S)c1ccc(Cl)cc1[N+](=O)[O-]. The number of amides is 1. The van der Waals surface area contributed by atoms with E-state index in [9.17, 15) is 14.9 Å². The van der Waals surface area contributed by atoms with Crippen LogP contribution in [0.1, 0.15) is 10.8 Å². The van der Waals surface area contributed by atoms with Crippen molar-refractivity contribution in [3.63, 3.8) is 0 Å². The second kappa shape index (κ2) is 5.15. The Hall–Kier alpha value is -1.31. The Kier molecular flexibility index (Phi) is 4.11. The summed E-state index contributed by atoms with van der Waals surface area (Å²) in [6.07, 6.45) is 0. The zero-order valence-electron chi connectivity index (χ0n) is 7.88. The minimum Gasteiger partial charge on any atom is -0.293 e. The maximum atomic E-state index is 11.2. The molecule has 1 aromatic rings. The summed E-state index contributed by atoms with van der Waals surface area (Å²) in [5, 5.41) is 9.94. The predicted molar refractivity (Wildman–Crippen MR) is 62.2 cm³/mol. The number of carbonyl (C=O) groups excluding carboxylic acids is 1. The number of nitro groups is 1. The van der Waals surface area contributed by atoms with E-state index in [0.29, 0.717) is 0 Å². The number of carbonyl (C=O) groups is 1. The number of nitrogens with two attached hydrogens (primary N) is 1. The van der Waals surface area contributed by atoms with Crippen molar-refractivity contribution < 1.29 is 9.72 Å². The maximum Gasteiger partial charge on any atom is 0.275 e. The van der Waals surface area contributed by atoms with Gasteiger partial charge in [0.2, 0.25) is 0 Å². The Morgan fingerprint density at radius 3 is 2.75 bits per heavy atom. The fraction of sp³-hybridized carbons (Fsp3) is 0.125. The molecule has 0 spiro atoms. The first-order valence-corrected chi connectivity index (χ1v) is 4.99. The smallest absolute Gasteiger partial charge is 0.275 e. The van der Waals surface area contributed by atoms with Crippen LogP contribution in [0.5, 0.6) is 0 Å². The highest BCUT2D eigenvalue weighted by Gasteiger charge is 2.24. The fourth-order valence-electron chi connectivity index (χ4n) is 1.13. The number of hydrogen-bond acceptors (Lipinski definition) is 5. The van der Waals surface area contributed by atoms with Crippen LogP contribution in [0.4, 0.5) is 5.69 Å². The molecule has 1 unspecified atom stereocenters. The number of thiol groups is 1. The number of nitrogens with zero attached hydrogens (tertiary/aromatic N) is 1. The van der Waals surface area contributed by atoms with Gasteiger partial charge in [0.1, 0.15) is 5.25 Å². The van der Waals surface area contributed by atoms with Crippen LogP contribution >= 0.6 is 24.2 Å². The Morgan fingerprint density at radius 2 is 2.25 bits per heavy atom. The molecule has 1 rings (SSSR count). The number of nitro benzene ring substituents is 1. The topological polar surface area (TPSA) is 98.3 Å². The third-order valence-corrected chi connectivity index (χ3v) is 2.62. The lowest BCUT2D eigenvalue weighted by Crippen LogP contribution is -2.33. The van der Waals surface area contributed by atoms with Crippen molar-refractivity contribution in [2.75, 3.05) is 0 Å². The van der Waals surface area contributed by atoms with E-state index in [0.717, 1.165) is 6.07 Å². The Labute approximate surface area is 101 Å². The molecule has 1 atom stereocenters. The van der Waals surface area contributed by atoms with Crippen molar-refractivity contribution in [2.45, 2.75) is 5.25 Å². The summed E-state index contributed by atoms with van der Waals surface area (Å²) >= 11 is 9.58. The minimum absolute atomic E-state index is 0.140. The summed E-state index contributed by atoms with van der Waals surface area (Å²) in [5.74, 6) is 4.29. The molecule has 0 aromatic heterocycles. The van der Waals surface area contributed by atoms with Crippen LogP contribution in [0.25, 0.3) is 0 Å². The summed E-state index contributed by atoms with van der Waals surface area (Å²) in [7, 11) is 0. The largest absolute Gasteiger partial charge is 0.293 e. The van der Waals surface area contributed by atoms with Gasteiger partial charge < -0.3 is 0 Å². The second-order valence-corrected chi connectivity index (χ2v) is 3.82. The highest BCUT2D eigenvalue weighted by Crippen LogP contribution is 2.31. The van der Waals surface area contributed by atoms with E-state index in [1.807, 2.05) is 5.43 Å². The van der Waals surface area contributed by atoms with Gasteiger partial charge in [-0.2, -0.15) is 12.6 Å². The van der Waals surface area contributed by atoms with Crippen molar-refractivity contribution in [3.8, 4) is 0 Å². The molecule has 16 heavy (non-hydrogen) atoms. The van der Waals surface area contributed by atoms with E-state index in [2.05, 4.69) is 12.6 Å². The van der Waals surface area contributed by atoms with Gasteiger partial charge in [-0.05, 0) is 12.1 Å². The highest BCUT2D eigenvalue weighted by atomic mass is 35.5. The quantitative estimate of drug-likeness (QED) is 0.250. The molecule has 8 heteroatoms. The van der Waals surface area contributed by atoms with Crippen molar-refractivity contribution >= 4 is 35.8 Å². The minimum atomic E-state index is -1.01. The van der Waals surface area contributed by atoms with Gasteiger partial charge in [0.15, 0.2) is 0 Å². The molecule has 0 aliphatic rings. The van der Waals surface area contributed by atoms with Crippen molar-refractivity contribution in [1.29, 1.82) is 0 Å². The molecule has 0 radical (unpaired) electrons. The molecule has 0 aliphatic heterocycles. The normalized spacial score (nSPS) is 11.9. The fourth-order valence-corrected chi connectivity index (χ4v) is 1.59. The summed E-state index contributed by atoms with van der Waals surface area (Å²) in [6, 6.07) is 3.97. The van der Waals surface area contributed by atoms with Crippen molar-refractivity contribution in [3.05, 3.63) is 38.9 Å². The first-order valence-electron chi connectivity index (χ1n) is 4.09. The number of halogens is 1. The van der Waals surface area contributed by atoms with E-state index in [4.69, 9.17) is 17.4 Å². The Bertz CT molecular complexity index is 441. The first-order chi connectivity index (χ1) is 7.47. The van der Waals surface area contributed by atoms with Gasteiger partial charge in [-0.1, -0.05) is 11.6 Å². The van der Waals surface area contributed by atoms with E-state index in [-0.39, 0.29) is 16.3 Å². The summed E-state index contributed by atoms with van der Waals surface area (Å²) in [6.45, 7) is 0. The Morgan fingerprint density at radius 1 is 1.62 bits per heavy atom. The number of hydrogen-bond donors (Lipinski definition) is 3. The molecular weight excluding hydrogens is 254 g/mol.